The monoisotopic (exact) mass is 242 g/mol. The van der Waals surface area contributed by atoms with Gasteiger partial charge in [-0.3, -0.25) is 4.79 Å². The topological polar surface area (TPSA) is 79.2 Å². The van der Waals surface area contributed by atoms with Crippen molar-refractivity contribution in [1.82, 2.24) is 10.9 Å². The molecule has 5 nitrogen and oxygen atoms in total. The molecule has 0 radical (unpaired) electrons. The third-order valence-electron chi connectivity index (χ3n) is 2.38. The van der Waals surface area contributed by atoms with Crippen LogP contribution in [0.25, 0.3) is 0 Å². The van der Waals surface area contributed by atoms with Crippen molar-refractivity contribution in [2.75, 3.05) is 5.32 Å². The summed E-state index contributed by atoms with van der Waals surface area (Å²) < 4.78 is 25.8. The maximum Gasteiger partial charge on any atom is 0.242 e. The van der Waals surface area contributed by atoms with Crippen LogP contribution < -0.4 is 21.9 Å². The highest BCUT2D eigenvalue weighted by Gasteiger charge is 2.27. The molecule has 1 saturated heterocycles. The maximum absolute atomic E-state index is 12.9. The number of carbonyl (C=O) groups excluding carboxylic acids is 1. The number of nitrogens with one attached hydrogen (secondary N) is 3. The van der Waals surface area contributed by atoms with Crippen molar-refractivity contribution in [2.24, 2.45) is 5.73 Å². The minimum Gasteiger partial charge on any atom is -0.324 e. The Balaban J connectivity index is 2.03. The van der Waals surface area contributed by atoms with Crippen LogP contribution in [-0.4, -0.2) is 18.1 Å². The number of nitrogens with two attached hydrogens (primary N) is 1. The largest absolute Gasteiger partial charge is 0.324 e. The summed E-state index contributed by atoms with van der Waals surface area (Å²) in [6.07, 6.45) is 0.0962. The molecule has 5 N–H and O–H groups in total. The average Bonchev–Trinajstić information content (AvgIpc) is 2.63. The van der Waals surface area contributed by atoms with Gasteiger partial charge in [-0.15, -0.1) is 0 Å². The van der Waals surface area contributed by atoms with Gasteiger partial charge in [0.15, 0.2) is 0 Å². The number of amides is 1. The van der Waals surface area contributed by atoms with Crippen LogP contribution in [0.4, 0.5) is 14.5 Å². The van der Waals surface area contributed by atoms with E-state index in [0.717, 1.165) is 18.2 Å². The summed E-state index contributed by atoms with van der Waals surface area (Å²) in [6, 6.07) is 2.31. The quantitative estimate of drug-likeness (QED) is 0.591. The highest BCUT2D eigenvalue weighted by Crippen LogP contribution is 2.14. The van der Waals surface area contributed by atoms with Crippen LogP contribution in [0, 0.1) is 11.6 Å². The Morgan fingerprint density at radius 2 is 1.94 bits per heavy atom. The van der Waals surface area contributed by atoms with E-state index in [0.29, 0.717) is 6.42 Å². The average molecular weight is 242 g/mol. The summed E-state index contributed by atoms with van der Waals surface area (Å²) in [5.41, 5.74) is 11.0. The Kier molecular flexibility index (Phi) is 3.32. The van der Waals surface area contributed by atoms with Gasteiger partial charge in [-0.2, -0.15) is 0 Å². The second kappa shape index (κ2) is 4.74. The Morgan fingerprint density at radius 3 is 2.47 bits per heavy atom. The molecule has 17 heavy (non-hydrogen) atoms. The van der Waals surface area contributed by atoms with Gasteiger partial charge in [-0.25, -0.2) is 19.6 Å². The molecule has 1 aromatic carbocycles. The van der Waals surface area contributed by atoms with Crippen LogP contribution in [0.1, 0.15) is 6.42 Å². The maximum atomic E-state index is 12.9. The molecule has 0 spiro atoms. The molecule has 0 saturated carbocycles. The molecule has 2 atom stereocenters. The van der Waals surface area contributed by atoms with Crippen LogP contribution in [-0.2, 0) is 4.79 Å². The zero-order chi connectivity index (χ0) is 12.4. The molecule has 7 heteroatoms. The van der Waals surface area contributed by atoms with Crippen molar-refractivity contribution >= 4 is 11.6 Å². The van der Waals surface area contributed by atoms with E-state index in [1.54, 1.807) is 0 Å². The molecule has 92 valence electrons. The zero-order valence-electron chi connectivity index (χ0n) is 8.84. The van der Waals surface area contributed by atoms with E-state index in [-0.39, 0.29) is 11.9 Å². The first kappa shape index (κ1) is 11.9. The fourth-order valence-corrected chi connectivity index (χ4v) is 1.61. The zero-order valence-corrected chi connectivity index (χ0v) is 8.84. The lowest BCUT2D eigenvalue weighted by atomic mass is 10.2. The number of hydrazine groups is 1. The van der Waals surface area contributed by atoms with E-state index in [4.69, 9.17) is 5.73 Å². The molecule has 2 rings (SSSR count). The van der Waals surface area contributed by atoms with E-state index in [9.17, 15) is 13.6 Å². The Morgan fingerprint density at radius 1 is 1.29 bits per heavy atom. The summed E-state index contributed by atoms with van der Waals surface area (Å²) in [7, 11) is 0. The fraction of sp³-hybridized carbons (Fsp3) is 0.300. The fourth-order valence-electron chi connectivity index (χ4n) is 1.61. The third kappa shape index (κ3) is 2.96. The molecule has 1 aliphatic heterocycles. The Bertz CT molecular complexity index is 420. The van der Waals surface area contributed by atoms with Crippen molar-refractivity contribution in [3.05, 3.63) is 29.8 Å². The first-order chi connectivity index (χ1) is 8.04. The molecule has 0 aromatic heterocycles. The predicted octanol–water partition coefficient (Wildman–Crippen LogP) is 0.0546. The number of benzene rings is 1. The highest BCUT2D eigenvalue weighted by atomic mass is 19.1. The van der Waals surface area contributed by atoms with Gasteiger partial charge in [0, 0.05) is 18.2 Å². The van der Waals surface area contributed by atoms with Gasteiger partial charge in [-0.1, -0.05) is 0 Å². The lowest BCUT2D eigenvalue weighted by Gasteiger charge is -2.10. The number of rotatable bonds is 2. The first-order valence-corrected chi connectivity index (χ1v) is 5.08. The van der Waals surface area contributed by atoms with Crippen LogP contribution >= 0.6 is 0 Å². The summed E-state index contributed by atoms with van der Waals surface area (Å²) in [4.78, 5) is 11.7. The molecule has 1 heterocycles. The van der Waals surface area contributed by atoms with Crippen molar-refractivity contribution in [2.45, 2.75) is 18.6 Å². The molecule has 2 unspecified atom stereocenters. The van der Waals surface area contributed by atoms with E-state index in [2.05, 4.69) is 16.2 Å². The molecule has 1 amide bonds. The van der Waals surface area contributed by atoms with Crippen LogP contribution in [0.2, 0.25) is 0 Å². The predicted molar refractivity (Wildman–Crippen MR) is 57.6 cm³/mol. The van der Waals surface area contributed by atoms with Gasteiger partial charge < -0.3 is 11.1 Å². The second-order valence-corrected chi connectivity index (χ2v) is 3.83. The van der Waals surface area contributed by atoms with E-state index in [1.807, 2.05) is 0 Å². The summed E-state index contributed by atoms with van der Waals surface area (Å²) in [5, 5.41) is 2.41. The van der Waals surface area contributed by atoms with Gasteiger partial charge >= 0.3 is 0 Å². The second-order valence-electron chi connectivity index (χ2n) is 3.83. The van der Waals surface area contributed by atoms with Crippen molar-refractivity contribution in [3.63, 3.8) is 0 Å². The van der Waals surface area contributed by atoms with E-state index in [1.165, 1.54) is 0 Å². The molecule has 1 aliphatic rings. The van der Waals surface area contributed by atoms with E-state index < -0.39 is 23.6 Å². The third-order valence-corrected chi connectivity index (χ3v) is 2.38. The number of hydrogen-bond acceptors (Lipinski definition) is 4. The van der Waals surface area contributed by atoms with Crippen molar-refractivity contribution < 1.29 is 13.6 Å². The smallest absolute Gasteiger partial charge is 0.242 e. The standard InChI is InChI=1S/C10H12F2N4O/c11-5-1-6(12)3-7(2-5)14-10(17)8-4-9(13)16-15-8/h1-3,8-9,15-16H,4,13H2,(H,14,17). The minimum absolute atomic E-state index is 0.0785. The molecular formula is C10H12F2N4O. The first-order valence-electron chi connectivity index (χ1n) is 5.08. The van der Waals surface area contributed by atoms with Gasteiger partial charge in [0.05, 0.1) is 6.17 Å². The van der Waals surface area contributed by atoms with Crippen LogP contribution in [0.3, 0.4) is 0 Å². The molecular weight excluding hydrogens is 230 g/mol. The lowest BCUT2D eigenvalue weighted by Crippen LogP contribution is -2.41. The molecule has 1 aromatic rings. The van der Waals surface area contributed by atoms with Gasteiger partial charge in [0.25, 0.3) is 0 Å². The number of anilines is 1. The Labute approximate surface area is 96.3 Å². The number of halogens is 2. The highest BCUT2D eigenvalue weighted by molar-refractivity contribution is 5.95. The summed E-state index contributed by atoms with van der Waals surface area (Å²) in [6.45, 7) is 0. The number of hydrogen-bond donors (Lipinski definition) is 4. The van der Waals surface area contributed by atoms with Crippen molar-refractivity contribution in [1.29, 1.82) is 0 Å². The molecule has 0 aliphatic carbocycles. The summed E-state index contributed by atoms with van der Waals surface area (Å²) in [5.74, 6) is -1.88. The normalized spacial score (nSPS) is 23.7. The van der Waals surface area contributed by atoms with Gasteiger partial charge in [-0.05, 0) is 12.1 Å². The molecule has 0 bridgehead atoms. The number of carbonyl (C=O) groups is 1. The Hall–Kier alpha value is -1.57. The SMILES string of the molecule is NC1CC(C(=O)Nc2cc(F)cc(F)c2)NN1. The molecule has 1 fully saturated rings. The van der Waals surface area contributed by atoms with E-state index >= 15 is 0 Å². The van der Waals surface area contributed by atoms with Gasteiger partial charge in [0.1, 0.15) is 17.7 Å². The van der Waals surface area contributed by atoms with Crippen LogP contribution in [0.5, 0.6) is 0 Å². The van der Waals surface area contributed by atoms with Crippen molar-refractivity contribution in [3.8, 4) is 0 Å². The summed E-state index contributed by atoms with van der Waals surface area (Å²) >= 11 is 0. The lowest BCUT2D eigenvalue weighted by molar-refractivity contribution is -0.117. The van der Waals surface area contributed by atoms with Gasteiger partial charge in [0.2, 0.25) is 5.91 Å². The van der Waals surface area contributed by atoms with Crippen LogP contribution in [0.15, 0.2) is 18.2 Å². The minimum atomic E-state index is -0.741.